The monoisotopic (exact) mass is 568 g/mol. The molecule has 11 nitrogen and oxygen atoms in total. The summed E-state index contributed by atoms with van der Waals surface area (Å²) in [5.41, 5.74) is 0.583. The predicted molar refractivity (Wildman–Crippen MR) is 144 cm³/mol. The third kappa shape index (κ3) is 5.20. The largest absolute Gasteiger partial charge is 0.508 e. The number of fused-ring (bicyclic) bond motifs is 6. The Kier molecular flexibility index (Phi) is 7.17. The van der Waals surface area contributed by atoms with Gasteiger partial charge in [0.1, 0.15) is 23.0 Å². The lowest BCUT2D eigenvalue weighted by Gasteiger charge is -2.36. The minimum Gasteiger partial charge on any atom is -0.508 e. The van der Waals surface area contributed by atoms with Crippen LogP contribution in [0.5, 0.6) is 23.0 Å². The Balaban J connectivity index is 1.34. The molecule has 4 N–H and O–H groups in total. The van der Waals surface area contributed by atoms with Crippen LogP contribution in [0.2, 0.25) is 0 Å². The average Bonchev–Trinajstić information content (AvgIpc) is 3.17. The summed E-state index contributed by atoms with van der Waals surface area (Å²) in [6.45, 7) is 1.45. The van der Waals surface area contributed by atoms with Crippen LogP contribution in [0.1, 0.15) is 50.2 Å². The van der Waals surface area contributed by atoms with Crippen LogP contribution in [-0.2, 0) is 20.5 Å². The first-order valence-electron chi connectivity index (χ1n) is 12.6. The van der Waals surface area contributed by atoms with Crippen molar-refractivity contribution < 1.29 is 42.2 Å². The molecule has 5 rings (SSSR count). The van der Waals surface area contributed by atoms with Crippen LogP contribution < -0.4 is 10.1 Å². The van der Waals surface area contributed by atoms with Gasteiger partial charge in [-0.1, -0.05) is 6.07 Å². The predicted octanol–water partition coefficient (Wildman–Crippen LogP) is 3.00. The highest BCUT2D eigenvalue weighted by atomic mass is 32.2. The molecule has 2 heterocycles. The van der Waals surface area contributed by atoms with Crippen molar-refractivity contribution in [1.29, 1.82) is 0 Å². The Morgan fingerprint density at radius 1 is 0.925 bits per heavy atom. The fourth-order valence-electron chi connectivity index (χ4n) is 5.13. The van der Waals surface area contributed by atoms with E-state index in [4.69, 9.17) is 14.0 Å². The maximum absolute atomic E-state index is 13.2. The molecule has 12 heteroatoms. The first-order valence-corrected chi connectivity index (χ1v) is 14.2. The fourth-order valence-corrected chi connectivity index (χ4v) is 5.62. The van der Waals surface area contributed by atoms with Crippen molar-refractivity contribution in [3.8, 4) is 23.0 Å². The molecule has 0 fully saturated rings. The van der Waals surface area contributed by atoms with Crippen molar-refractivity contribution >= 4 is 22.0 Å². The maximum atomic E-state index is 13.2. The van der Waals surface area contributed by atoms with Crippen LogP contribution in [0.3, 0.4) is 0 Å². The second-order valence-corrected chi connectivity index (χ2v) is 11.4. The molecule has 0 radical (unpaired) electrons. The Morgan fingerprint density at radius 3 is 2.15 bits per heavy atom. The van der Waals surface area contributed by atoms with Crippen LogP contribution in [0.25, 0.3) is 0 Å². The molecule has 3 aromatic carbocycles. The zero-order valence-corrected chi connectivity index (χ0v) is 22.4. The van der Waals surface area contributed by atoms with E-state index in [0.29, 0.717) is 49.2 Å². The topological polar surface area (TPSA) is 163 Å². The summed E-state index contributed by atoms with van der Waals surface area (Å²) in [6, 6.07) is 13.7. The second-order valence-electron chi connectivity index (χ2n) is 9.85. The Hall–Kier alpha value is -4.13. The SMILES string of the molecule is CN(CCCNC(=O)c1ccc2c(c1)C(=O)OC21c2ccc(O)cc2Oc2cc(O)ccc21)CCCS(=O)(=O)O. The van der Waals surface area contributed by atoms with E-state index in [1.807, 2.05) is 11.9 Å². The van der Waals surface area contributed by atoms with Gasteiger partial charge in [-0.15, -0.1) is 0 Å². The molecule has 1 spiro atoms. The van der Waals surface area contributed by atoms with Crippen molar-refractivity contribution in [3.63, 3.8) is 0 Å². The first-order chi connectivity index (χ1) is 19.0. The van der Waals surface area contributed by atoms with Crippen LogP contribution in [0.15, 0.2) is 54.6 Å². The molecule has 0 aliphatic carbocycles. The van der Waals surface area contributed by atoms with E-state index in [-0.39, 0.29) is 45.8 Å². The van der Waals surface area contributed by atoms with E-state index < -0.39 is 21.7 Å². The van der Waals surface area contributed by atoms with E-state index >= 15 is 0 Å². The number of rotatable bonds is 9. The van der Waals surface area contributed by atoms with Crippen LogP contribution in [0.4, 0.5) is 0 Å². The van der Waals surface area contributed by atoms with Gasteiger partial charge in [0.25, 0.3) is 16.0 Å². The van der Waals surface area contributed by atoms with E-state index in [9.17, 15) is 28.2 Å². The minimum absolute atomic E-state index is 0.0432. The summed E-state index contributed by atoms with van der Waals surface area (Å²) in [5, 5.41) is 22.9. The molecule has 1 amide bonds. The number of phenolic OH excluding ortho intramolecular Hbond substituents is 2. The van der Waals surface area contributed by atoms with Crippen molar-refractivity contribution in [3.05, 3.63) is 82.4 Å². The molecule has 2 aliphatic rings. The number of aromatic hydroxyl groups is 2. The third-order valence-corrected chi connectivity index (χ3v) is 7.78. The van der Waals surface area contributed by atoms with Crippen molar-refractivity contribution in [2.24, 2.45) is 0 Å². The summed E-state index contributed by atoms with van der Waals surface area (Å²) in [6.07, 6.45) is 0.912. The maximum Gasteiger partial charge on any atom is 0.340 e. The Morgan fingerprint density at radius 2 is 1.52 bits per heavy atom. The highest BCUT2D eigenvalue weighted by molar-refractivity contribution is 7.85. The van der Waals surface area contributed by atoms with Gasteiger partial charge in [0, 0.05) is 40.9 Å². The van der Waals surface area contributed by atoms with Gasteiger partial charge < -0.3 is 29.9 Å². The normalized spacial score (nSPS) is 14.7. The summed E-state index contributed by atoms with van der Waals surface area (Å²) < 4.78 is 42.4. The van der Waals surface area contributed by atoms with Crippen molar-refractivity contribution in [1.82, 2.24) is 10.2 Å². The smallest absolute Gasteiger partial charge is 0.340 e. The van der Waals surface area contributed by atoms with Crippen LogP contribution in [-0.4, -0.2) is 72.4 Å². The number of ether oxygens (including phenoxy) is 2. The van der Waals surface area contributed by atoms with Gasteiger partial charge in [0.15, 0.2) is 5.60 Å². The van der Waals surface area contributed by atoms with Crippen LogP contribution in [0, 0.1) is 0 Å². The number of nitrogens with zero attached hydrogens (tertiary/aromatic N) is 1. The molecule has 2 aliphatic heterocycles. The van der Waals surface area contributed by atoms with Gasteiger partial charge >= 0.3 is 5.97 Å². The summed E-state index contributed by atoms with van der Waals surface area (Å²) in [4.78, 5) is 28.0. The lowest BCUT2D eigenvalue weighted by Crippen LogP contribution is -2.33. The summed E-state index contributed by atoms with van der Waals surface area (Å²) in [7, 11) is -2.16. The zero-order valence-electron chi connectivity index (χ0n) is 21.6. The van der Waals surface area contributed by atoms with Gasteiger partial charge in [0.2, 0.25) is 0 Å². The van der Waals surface area contributed by atoms with Crippen molar-refractivity contribution in [2.75, 3.05) is 32.4 Å². The Bertz CT molecular complexity index is 1550. The minimum atomic E-state index is -3.98. The number of phenols is 2. The molecule has 0 saturated heterocycles. The molecule has 0 saturated carbocycles. The number of amides is 1. The molecule has 0 unspecified atom stereocenters. The van der Waals surface area contributed by atoms with Gasteiger partial charge in [-0.3, -0.25) is 9.35 Å². The second kappa shape index (κ2) is 10.5. The number of hydrogen-bond acceptors (Lipinski definition) is 9. The molecule has 210 valence electrons. The Labute approximate surface area is 230 Å². The number of esters is 1. The average molecular weight is 569 g/mol. The molecule has 3 aromatic rings. The first kappa shape index (κ1) is 27.4. The molecule has 0 aromatic heterocycles. The van der Waals surface area contributed by atoms with Gasteiger partial charge in [-0.2, -0.15) is 8.42 Å². The number of nitrogens with one attached hydrogen (secondary N) is 1. The van der Waals surface area contributed by atoms with Gasteiger partial charge in [-0.05, 0) is 69.4 Å². The quantitative estimate of drug-likeness (QED) is 0.171. The lowest BCUT2D eigenvalue weighted by molar-refractivity contribution is 0.0224. The van der Waals surface area contributed by atoms with Gasteiger partial charge in [-0.25, -0.2) is 4.79 Å². The number of carbonyl (C=O) groups is 2. The highest BCUT2D eigenvalue weighted by Crippen LogP contribution is 2.57. The highest BCUT2D eigenvalue weighted by Gasteiger charge is 2.53. The third-order valence-electron chi connectivity index (χ3n) is 6.98. The van der Waals surface area contributed by atoms with Crippen LogP contribution >= 0.6 is 0 Å². The van der Waals surface area contributed by atoms with E-state index in [1.54, 1.807) is 24.3 Å². The number of carbonyl (C=O) groups excluding carboxylic acids is 2. The zero-order chi connectivity index (χ0) is 28.7. The number of benzene rings is 3. The number of hydrogen-bond donors (Lipinski definition) is 4. The molecule has 40 heavy (non-hydrogen) atoms. The molecule has 0 atom stereocenters. The summed E-state index contributed by atoms with van der Waals surface area (Å²) in [5.74, 6) is -0.848. The fraction of sp³-hybridized carbons (Fsp3) is 0.286. The van der Waals surface area contributed by atoms with E-state index in [0.717, 1.165) is 0 Å². The molecule has 0 bridgehead atoms. The van der Waals surface area contributed by atoms with E-state index in [2.05, 4.69) is 5.32 Å². The van der Waals surface area contributed by atoms with Gasteiger partial charge in [0.05, 0.1) is 11.3 Å². The molecular weight excluding hydrogens is 540 g/mol. The lowest BCUT2D eigenvalue weighted by atomic mass is 9.77. The summed E-state index contributed by atoms with van der Waals surface area (Å²) >= 11 is 0. The van der Waals surface area contributed by atoms with Crippen molar-refractivity contribution in [2.45, 2.75) is 18.4 Å². The molecular formula is C28H28N2O9S. The standard InChI is InChI=1S/C28H28N2O9S/c1-30(12-3-13-40(35,36)37)11-2-10-29-26(33)17-4-7-21-20(14-17)27(34)39-28(21)22-8-5-18(31)15-24(22)38-25-16-19(32)6-9-23(25)28/h4-9,14-16,31-32H,2-3,10-13H2,1H3,(H,29,33)(H,35,36,37). The van der Waals surface area contributed by atoms with E-state index in [1.165, 1.54) is 30.3 Å².